The summed E-state index contributed by atoms with van der Waals surface area (Å²) in [4.78, 5) is 11.1. The molecule has 4 nitrogen and oxygen atoms in total. The van der Waals surface area contributed by atoms with Crippen LogP contribution in [0.5, 0.6) is 0 Å². The zero-order chi connectivity index (χ0) is 11.9. The maximum absolute atomic E-state index is 11.1. The zero-order valence-electron chi connectivity index (χ0n) is 8.36. The summed E-state index contributed by atoms with van der Waals surface area (Å²) in [7, 11) is 0. The van der Waals surface area contributed by atoms with Crippen LogP contribution in [0.1, 0.15) is 16.1 Å². The molecule has 0 atom stereocenters. The van der Waals surface area contributed by atoms with E-state index in [0.29, 0.717) is 16.6 Å². The van der Waals surface area contributed by atoms with Gasteiger partial charge in [-0.05, 0) is 19.1 Å². The third-order valence-corrected chi connectivity index (χ3v) is 2.97. The van der Waals surface area contributed by atoms with E-state index in [0.717, 1.165) is 4.47 Å². The van der Waals surface area contributed by atoms with E-state index in [1.165, 1.54) is 4.57 Å². The summed E-state index contributed by atoms with van der Waals surface area (Å²) in [6.45, 7) is 1.63. The molecule has 0 aliphatic rings. The van der Waals surface area contributed by atoms with Gasteiger partial charge in [-0.25, -0.2) is 4.79 Å². The number of benzene rings is 1. The van der Waals surface area contributed by atoms with E-state index < -0.39 is 5.97 Å². The number of aromatic nitrogens is 1. The number of carbonyl (C=O) groups is 1. The van der Waals surface area contributed by atoms with Crippen molar-refractivity contribution in [3.8, 4) is 6.19 Å². The first-order valence-corrected chi connectivity index (χ1v) is 5.29. The lowest BCUT2D eigenvalue weighted by Crippen LogP contribution is -1.99. The molecule has 0 radical (unpaired) electrons. The Morgan fingerprint density at radius 3 is 2.81 bits per heavy atom. The molecule has 0 aliphatic heterocycles. The Balaban J connectivity index is 2.99. The van der Waals surface area contributed by atoms with E-state index in [1.54, 1.807) is 25.1 Å². The quantitative estimate of drug-likeness (QED) is 0.872. The van der Waals surface area contributed by atoms with Crippen molar-refractivity contribution in [2.75, 3.05) is 0 Å². The van der Waals surface area contributed by atoms with Crippen LogP contribution in [0.25, 0.3) is 10.9 Å². The molecular formula is C11H7BrN2O2. The molecule has 0 bridgehead atoms. The average Bonchev–Trinajstić information content (AvgIpc) is 2.49. The minimum absolute atomic E-state index is 0.184. The predicted octanol–water partition coefficient (Wildman–Crippen LogP) is 2.74. The normalized spacial score (nSPS) is 10.3. The van der Waals surface area contributed by atoms with Crippen molar-refractivity contribution in [2.24, 2.45) is 0 Å². The van der Waals surface area contributed by atoms with Crippen LogP contribution >= 0.6 is 15.9 Å². The summed E-state index contributed by atoms with van der Waals surface area (Å²) in [5, 5.41) is 18.7. The van der Waals surface area contributed by atoms with Crippen LogP contribution in [0, 0.1) is 18.4 Å². The summed E-state index contributed by atoms with van der Waals surface area (Å²) in [6.07, 6.45) is 1.97. The van der Waals surface area contributed by atoms with Gasteiger partial charge >= 0.3 is 5.97 Å². The first-order valence-electron chi connectivity index (χ1n) is 4.50. The number of carboxylic acids is 1. The monoisotopic (exact) mass is 278 g/mol. The van der Waals surface area contributed by atoms with Crippen molar-refractivity contribution in [2.45, 2.75) is 6.92 Å². The van der Waals surface area contributed by atoms with Crippen LogP contribution in [0.3, 0.4) is 0 Å². The minimum atomic E-state index is -1.01. The molecule has 0 saturated heterocycles. The third kappa shape index (κ3) is 1.39. The van der Waals surface area contributed by atoms with Crippen LogP contribution in [-0.2, 0) is 0 Å². The zero-order valence-corrected chi connectivity index (χ0v) is 9.95. The Bertz CT molecular complexity index is 637. The Labute approximate surface area is 99.8 Å². The second-order valence-corrected chi connectivity index (χ2v) is 4.28. The second-order valence-electron chi connectivity index (χ2n) is 3.36. The van der Waals surface area contributed by atoms with Crippen LogP contribution < -0.4 is 0 Å². The van der Waals surface area contributed by atoms with Crippen molar-refractivity contribution < 1.29 is 9.90 Å². The molecule has 0 spiro atoms. The van der Waals surface area contributed by atoms with E-state index in [1.807, 2.05) is 6.19 Å². The van der Waals surface area contributed by atoms with Gasteiger partial charge in [-0.3, -0.25) is 4.57 Å². The van der Waals surface area contributed by atoms with Crippen molar-refractivity contribution >= 4 is 32.8 Å². The van der Waals surface area contributed by atoms with Crippen molar-refractivity contribution in [1.29, 1.82) is 5.26 Å². The van der Waals surface area contributed by atoms with Gasteiger partial charge < -0.3 is 5.11 Å². The molecular weight excluding hydrogens is 272 g/mol. The fraction of sp³-hybridized carbons (Fsp3) is 0.0909. The molecule has 16 heavy (non-hydrogen) atoms. The summed E-state index contributed by atoms with van der Waals surface area (Å²) in [5.41, 5.74) is 1.24. The summed E-state index contributed by atoms with van der Waals surface area (Å²) < 4.78 is 2.13. The molecule has 0 saturated carbocycles. The number of hydrogen-bond acceptors (Lipinski definition) is 2. The van der Waals surface area contributed by atoms with Gasteiger partial charge in [0.2, 0.25) is 0 Å². The number of halogens is 1. The van der Waals surface area contributed by atoms with E-state index in [9.17, 15) is 4.79 Å². The number of hydrogen-bond donors (Lipinski definition) is 1. The second kappa shape index (κ2) is 3.65. The van der Waals surface area contributed by atoms with Crippen molar-refractivity contribution in [1.82, 2.24) is 4.57 Å². The van der Waals surface area contributed by atoms with Gasteiger partial charge in [-0.1, -0.05) is 22.0 Å². The molecule has 1 heterocycles. The highest BCUT2D eigenvalue weighted by Crippen LogP contribution is 2.27. The summed E-state index contributed by atoms with van der Waals surface area (Å²) in [6, 6.07) is 5.19. The predicted molar refractivity (Wildman–Crippen MR) is 62.3 cm³/mol. The van der Waals surface area contributed by atoms with Crippen LogP contribution in [0.15, 0.2) is 22.7 Å². The highest BCUT2D eigenvalue weighted by Gasteiger charge is 2.19. The molecule has 0 aliphatic carbocycles. The van der Waals surface area contributed by atoms with Crippen LogP contribution in [0.2, 0.25) is 0 Å². The SMILES string of the molecule is Cc1c(C(=O)O)c2ccc(Br)cc2n1C#N. The largest absolute Gasteiger partial charge is 0.478 e. The van der Waals surface area contributed by atoms with Gasteiger partial charge in [0.15, 0.2) is 6.19 Å². The molecule has 1 N–H and O–H groups in total. The Morgan fingerprint density at radius 2 is 2.25 bits per heavy atom. The van der Waals surface area contributed by atoms with Gasteiger partial charge in [0.1, 0.15) is 0 Å². The minimum Gasteiger partial charge on any atom is -0.478 e. The van der Waals surface area contributed by atoms with Crippen LogP contribution in [-0.4, -0.2) is 15.6 Å². The topological polar surface area (TPSA) is 66.0 Å². The number of nitrogens with zero attached hydrogens (tertiary/aromatic N) is 2. The molecule has 1 aromatic carbocycles. The molecule has 2 aromatic rings. The Hall–Kier alpha value is -1.80. The van der Waals surface area contributed by atoms with E-state index in [4.69, 9.17) is 10.4 Å². The van der Waals surface area contributed by atoms with E-state index in [-0.39, 0.29) is 5.56 Å². The molecule has 2 rings (SSSR count). The summed E-state index contributed by atoms with van der Waals surface area (Å²) in [5.74, 6) is -1.01. The fourth-order valence-corrected chi connectivity index (χ4v) is 2.14. The number of nitriles is 1. The fourth-order valence-electron chi connectivity index (χ4n) is 1.79. The number of carboxylic acid groups (broad SMARTS) is 1. The Kier molecular flexibility index (Phi) is 2.44. The lowest BCUT2D eigenvalue weighted by atomic mass is 10.1. The van der Waals surface area contributed by atoms with Gasteiger partial charge in [-0.2, -0.15) is 5.26 Å². The van der Waals surface area contributed by atoms with Crippen molar-refractivity contribution in [3.05, 3.63) is 33.9 Å². The van der Waals surface area contributed by atoms with Gasteiger partial charge in [0, 0.05) is 15.6 Å². The maximum atomic E-state index is 11.1. The molecule has 1 aromatic heterocycles. The number of fused-ring (bicyclic) bond motifs is 1. The van der Waals surface area contributed by atoms with E-state index in [2.05, 4.69) is 15.9 Å². The molecule has 0 amide bonds. The smallest absolute Gasteiger partial charge is 0.338 e. The molecule has 5 heteroatoms. The molecule has 0 fully saturated rings. The first kappa shape index (κ1) is 10.7. The first-order chi connectivity index (χ1) is 7.56. The van der Waals surface area contributed by atoms with Crippen molar-refractivity contribution in [3.63, 3.8) is 0 Å². The number of rotatable bonds is 1. The standard InChI is InChI=1S/C11H7BrN2O2/c1-6-10(11(15)16)8-3-2-7(12)4-9(8)14(6)5-13/h2-4H,1H3,(H,15,16). The lowest BCUT2D eigenvalue weighted by molar-refractivity contribution is 0.0698. The summed E-state index contributed by atoms with van der Waals surface area (Å²) >= 11 is 3.30. The van der Waals surface area contributed by atoms with Gasteiger partial charge in [0.05, 0.1) is 11.1 Å². The molecule has 80 valence electrons. The Morgan fingerprint density at radius 1 is 1.56 bits per heavy atom. The average molecular weight is 279 g/mol. The number of aromatic carboxylic acids is 1. The van der Waals surface area contributed by atoms with E-state index >= 15 is 0 Å². The van der Waals surface area contributed by atoms with Crippen LogP contribution in [0.4, 0.5) is 0 Å². The maximum Gasteiger partial charge on any atom is 0.338 e. The molecule has 0 unspecified atom stereocenters. The highest BCUT2D eigenvalue weighted by atomic mass is 79.9. The lowest BCUT2D eigenvalue weighted by Gasteiger charge is -1.94. The third-order valence-electron chi connectivity index (χ3n) is 2.48. The highest BCUT2D eigenvalue weighted by molar-refractivity contribution is 9.10. The van der Waals surface area contributed by atoms with Gasteiger partial charge in [-0.15, -0.1) is 0 Å². The van der Waals surface area contributed by atoms with Gasteiger partial charge in [0.25, 0.3) is 0 Å².